The van der Waals surface area contributed by atoms with E-state index in [0.29, 0.717) is 11.4 Å². The number of para-hydroxylation sites is 2. The Morgan fingerprint density at radius 3 is 2.80 bits per heavy atom. The van der Waals surface area contributed by atoms with Gasteiger partial charge in [0.2, 0.25) is 5.91 Å². The zero-order valence-corrected chi connectivity index (χ0v) is 12.3. The molecule has 0 bridgehead atoms. The fourth-order valence-electron chi connectivity index (χ4n) is 2.58. The molecule has 1 saturated heterocycles. The van der Waals surface area contributed by atoms with E-state index >= 15 is 0 Å². The smallest absolute Gasteiger partial charge is 0.241 e. The van der Waals surface area contributed by atoms with E-state index in [9.17, 15) is 4.79 Å². The minimum atomic E-state index is -0.233. The van der Waals surface area contributed by atoms with Crippen molar-refractivity contribution in [1.82, 2.24) is 4.90 Å². The van der Waals surface area contributed by atoms with Crippen LogP contribution in [0.25, 0.3) is 0 Å². The number of nitrogens with two attached hydrogens (primary N) is 1. The van der Waals surface area contributed by atoms with Crippen LogP contribution in [-0.2, 0) is 9.53 Å². The Kier molecular flexibility index (Phi) is 4.62. The van der Waals surface area contributed by atoms with E-state index < -0.39 is 0 Å². The molecule has 5 nitrogen and oxygen atoms in total. The molecule has 3 atom stereocenters. The van der Waals surface area contributed by atoms with Crippen molar-refractivity contribution in [2.45, 2.75) is 38.5 Å². The average Bonchev–Trinajstić information content (AvgIpc) is 2.86. The Bertz CT molecular complexity index is 478. The zero-order chi connectivity index (χ0) is 14.7. The van der Waals surface area contributed by atoms with Gasteiger partial charge in [-0.05, 0) is 39.4 Å². The van der Waals surface area contributed by atoms with Crippen LogP contribution < -0.4 is 11.1 Å². The highest BCUT2D eigenvalue weighted by atomic mass is 16.5. The lowest BCUT2D eigenvalue weighted by atomic mass is 10.1. The molecule has 1 heterocycles. The van der Waals surface area contributed by atoms with Crippen LogP contribution in [-0.4, -0.2) is 42.6 Å². The maximum Gasteiger partial charge on any atom is 0.241 e. The Balaban J connectivity index is 2.00. The van der Waals surface area contributed by atoms with E-state index in [1.807, 2.05) is 33.0 Å². The van der Waals surface area contributed by atoms with E-state index in [-0.39, 0.29) is 24.1 Å². The molecule has 1 aliphatic heterocycles. The largest absolute Gasteiger partial charge is 0.397 e. The van der Waals surface area contributed by atoms with Crippen molar-refractivity contribution in [1.29, 1.82) is 0 Å². The number of hydrogen-bond acceptors (Lipinski definition) is 4. The molecule has 0 spiro atoms. The number of ether oxygens (including phenoxy) is 1. The van der Waals surface area contributed by atoms with Gasteiger partial charge in [-0.25, -0.2) is 0 Å². The fourth-order valence-corrected chi connectivity index (χ4v) is 2.58. The van der Waals surface area contributed by atoms with Gasteiger partial charge in [0, 0.05) is 12.6 Å². The summed E-state index contributed by atoms with van der Waals surface area (Å²) in [6.45, 7) is 4.71. The number of nitrogen functional groups attached to an aromatic ring is 1. The van der Waals surface area contributed by atoms with Crippen LogP contribution in [0.15, 0.2) is 24.3 Å². The van der Waals surface area contributed by atoms with Crippen LogP contribution >= 0.6 is 0 Å². The number of carbonyl (C=O) groups excluding carboxylic acids is 1. The van der Waals surface area contributed by atoms with Crippen molar-refractivity contribution in [2.24, 2.45) is 0 Å². The Morgan fingerprint density at radius 1 is 1.50 bits per heavy atom. The molecule has 0 aliphatic carbocycles. The van der Waals surface area contributed by atoms with Crippen molar-refractivity contribution in [3.8, 4) is 0 Å². The monoisotopic (exact) mass is 277 g/mol. The molecule has 1 amide bonds. The van der Waals surface area contributed by atoms with E-state index in [1.54, 1.807) is 12.1 Å². The van der Waals surface area contributed by atoms with Crippen LogP contribution in [0.5, 0.6) is 0 Å². The van der Waals surface area contributed by atoms with Crippen LogP contribution in [0.3, 0.4) is 0 Å². The van der Waals surface area contributed by atoms with Crippen molar-refractivity contribution in [2.75, 3.05) is 24.7 Å². The number of benzene rings is 1. The molecule has 1 aromatic carbocycles. The van der Waals surface area contributed by atoms with Gasteiger partial charge < -0.3 is 15.8 Å². The number of nitrogens with zero attached hydrogens (tertiary/aromatic N) is 1. The highest BCUT2D eigenvalue weighted by molar-refractivity contribution is 5.97. The lowest BCUT2D eigenvalue weighted by molar-refractivity contribution is -0.121. The lowest BCUT2D eigenvalue weighted by Gasteiger charge is -2.31. The summed E-state index contributed by atoms with van der Waals surface area (Å²) in [5, 5.41) is 2.88. The second-order valence-corrected chi connectivity index (χ2v) is 5.35. The van der Waals surface area contributed by atoms with E-state index in [0.717, 1.165) is 13.0 Å². The third kappa shape index (κ3) is 3.11. The minimum Gasteiger partial charge on any atom is -0.397 e. The quantitative estimate of drug-likeness (QED) is 0.822. The molecular weight excluding hydrogens is 254 g/mol. The van der Waals surface area contributed by atoms with E-state index in [2.05, 4.69) is 10.2 Å². The van der Waals surface area contributed by atoms with Crippen molar-refractivity contribution in [3.05, 3.63) is 24.3 Å². The first-order valence-corrected chi connectivity index (χ1v) is 6.99. The summed E-state index contributed by atoms with van der Waals surface area (Å²) >= 11 is 0. The second-order valence-electron chi connectivity index (χ2n) is 5.35. The van der Waals surface area contributed by atoms with Crippen molar-refractivity contribution < 1.29 is 9.53 Å². The molecule has 20 heavy (non-hydrogen) atoms. The minimum absolute atomic E-state index is 0.0514. The predicted molar refractivity (Wildman–Crippen MR) is 80.5 cm³/mol. The van der Waals surface area contributed by atoms with Gasteiger partial charge in [0.15, 0.2) is 0 Å². The first kappa shape index (κ1) is 14.8. The number of nitrogens with one attached hydrogen (secondary N) is 1. The second kappa shape index (κ2) is 6.24. The summed E-state index contributed by atoms with van der Waals surface area (Å²) in [5.41, 5.74) is 7.08. The maximum atomic E-state index is 12.3. The first-order valence-electron chi connectivity index (χ1n) is 6.99. The maximum absolute atomic E-state index is 12.3. The average molecular weight is 277 g/mol. The molecule has 2 rings (SSSR count). The van der Waals surface area contributed by atoms with Crippen LogP contribution in [0, 0.1) is 0 Å². The first-order chi connectivity index (χ1) is 9.50. The predicted octanol–water partition coefficient (Wildman–Crippen LogP) is 1.70. The molecule has 1 aliphatic rings. The number of hydrogen-bond donors (Lipinski definition) is 2. The van der Waals surface area contributed by atoms with Gasteiger partial charge in [-0.15, -0.1) is 0 Å². The number of likely N-dealkylation sites (N-methyl/N-ethyl adjacent to an activating group) is 1. The Hall–Kier alpha value is -1.59. The number of amides is 1. The van der Waals surface area contributed by atoms with Crippen molar-refractivity contribution >= 4 is 17.3 Å². The summed E-state index contributed by atoms with van der Waals surface area (Å²) in [6.07, 6.45) is 1.13. The van der Waals surface area contributed by atoms with Gasteiger partial charge in [0.05, 0.1) is 23.5 Å². The van der Waals surface area contributed by atoms with Gasteiger partial charge >= 0.3 is 0 Å². The van der Waals surface area contributed by atoms with Crippen LogP contribution in [0.4, 0.5) is 11.4 Å². The summed E-state index contributed by atoms with van der Waals surface area (Å²) in [7, 11) is 1.97. The summed E-state index contributed by atoms with van der Waals surface area (Å²) in [4.78, 5) is 14.4. The Labute approximate surface area is 120 Å². The van der Waals surface area contributed by atoms with Gasteiger partial charge in [0.1, 0.15) is 0 Å². The topological polar surface area (TPSA) is 67.6 Å². The van der Waals surface area contributed by atoms with E-state index in [1.165, 1.54) is 0 Å². The van der Waals surface area contributed by atoms with Gasteiger partial charge in [0.25, 0.3) is 0 Å². The fraction of sp³-hybridized carbons (Fsp3) is 0.533. The van der Waals surface area contributed by atoms with Gasteiger partial charge in [-0.1, -0.05) is 12.1 Å². The SMILES string of the molecule is CC1OCCC1N(C)C(C)C(=O)Nc1ccccc1N. The van der Waals surface area contributed by atoms with Gasteiger partial charge in [-0.2, -0.15) is 0 Å². The molecule has 1 aromatic rings. The standard InChI is InChI=1S/C15H23N3O2/c1-10(18(3)14-8-9-20-11(14)2)15(19)17-13-7-5-4-6-12(13)16/h4-7,10-11,14H,8-9,16H2,1-3H3,(H,17,19). The molecule has 5 heteroatoms. The molecule has 3 unspecified atom stereocenters. The highest BCUT2D eigenvalue weighted by Gasteiger charge is 2.32. The highest BCUT2D eigenvalue weighted by Crippen LogP contribution is 2.22. The van der Waals surface area contributed by atoms with Crippen LogP contribution in [0.1, 0.15) is 20.3 Å². The molecule has 1 fully saturated rings. The molecule has 0 saturated carbocycles. The third-order valence-corrected chi connectivity index (χ3v) is 4.07. The molecule has 0 radical (unpaired) electrons. The third-order valence-electron chi connectivity index (χ3n) is 4.07. The molecular formula is C15H23N3O2. The Morgan fingerprint density at radius 2 is 2.20 bits per heavy atom. The molecule has 0 aromatic heterocycles. The number of carbonyl (C=O) groups is 1. The van der Waals surface area contributed by atoms with Crippen molar-refractivity contribution in [3.63, 3.8) is 0 Å². The summed E-state index contributed by atoms with van der Waals surface area (Å²) in [5.74, 6) is -0.0514. The summed E-state index contributed by atoms with van der Waals surface area (Å²) < 4.78 is 5.56. The molecule has 110 valence electrons. The molecule has 3 N–H and O–H groups in total. The normalized spacial score (nSPS) is 23.8. The lowest BCUT2D eigenvalue weighted by Crippen LogP contribution is -2.47. The number of anilines is 2. The summed E-state index contributed by atoms with van der Waals surface area (Å²) in [6, 6.07) is 7.33. The van der Waals surface area contributed by atoms with Crippen LogP contribution in [0.2, 0.25) is 0 Å². The zero-order valence-electron chi connectivity index (χ0n) is 12.3. The van der Waals surface area contributed by atoms with E-state index in [4.69, 9.17) is 10.5 Å². The number of rotatable bonds is 4. The van der Waals surface area contributed by atoms with Gasteiger partial charge in [-0.3, -0.25) is 9.69 Å².